The number of primary amides is 2. The lowest BCUT2D eigenvalue weighted by molar-refractivity contribution is -0.143. The van der Waals surface area contributed by atoms with E-state index in [0.717, 1.165) is 0 Å². The molecule has 12 N–H and O–H groups in total. The van der Waals surface area contributed by atoms with Crippen LogP contribution in [0.5, 0.6) is 0 Å². The normalized spacial score (nSPS) is 14.2. The zero-order valence-corrected chi connectivity index (χ0v) is 17.3. The Hall–Kier alpha value is -4.05. The summed E-state index contributed by atoms with van der Waals surface area (Å²) in [6.45, 7) is -0.738. The summed E-state index contributed by atoms with van der Waals surface area (Å²) in [7, 11) is 0. The molecule has 0 saturated heterocycles. The minimum Gasteiger partial charge on any atom is -0.480 e. The van der Waals surface area contributed by atoms with Crippen molar-refractivity contribution in [2.45, 2.75) is 43.4 Å². The van der Waals surface area contributed by atoms with Gasteiger partial charge in [0.1, 0.15) is 24.2 Å². The molecular formula is C17H26N8O8. The monoisotopic (exact) mass is 470 g/mol. The molecule has 5 amide bonds. The number of imidazole rings is 1. The molecule has 0 bridgehead atoms. The third-order valence-electron chi connectivity index (χ3n) is 4.20. The van der Waals surface area contributed by atoms with Crippen LogP contribution in [-0.4, -0.2) is 86.5 Å². The molecule has 0 radical (unpaired) electrons. The molecule has 0 aliphatic carbocycles. The molecule has 0 saturated carbocycles. The highest BCUT2D eigenvalue weighted by atomic mass is 16.4. The summed E-state index contributed by atoms with van der Waals surface area (Å²) in [6.07, 6.45) is 1.08. The number of hydrogen-bond acceptors (Lipinski definition) is 9. The van der Waals surface area contributed by atoms with Crippen molar-refractivity contribution in [2.24, 2.45) is 17.2 Å². The van der Waals surface area contributed by atoms with Crippen molar-refractivity contribution in [1.82, 2.24) is 25.9 Å². The van der Waals surface area contributed by atoms with Crippen LogP contribution < -0.4 is 33.2 Å². The smallest absolute Gasteiger partial charge is 0.326 e. The van der Waals surface area contributed by atoms with Crippen molar-refractivity contribution >= 4 is 35.5 Å². The summed E-state index contributed by atoms with van der Waals surface area (Å²) < 4.78 is 0. The van der Waals surface area contributed by atoms with Gasteiger partial charge in [-0.1, -0.05) is 0 Å². The molecule has 0 aliphatic heterocycles. The summed E-state index contributed by atoms with van der Waals surface area (Å²) in [5.74, 6) is -6.46. The number of nitrogens with one attached hydrogen (secondary N) is 4. The van der Waals surface area contributed by atoms with Crippen molar-refractivity contribution in [3.8, 4) is 0 Å². The average Bonchev–Trinajstić information content (AvgIpc) is 3.23. The zero-order chi connectivity index (χ0) is 25.1. The summed E-state index contributed by atoms with van der Waals surface area (Å²) in [5, 5.41) is 24.7. The number of amides is 5. The van der Waals surface area contributed by atoms with Crippen LogP contribution >= 0.6 is 0 Å². The SMILES string of the molecule is NC(=O)CC(NC(=O)C(Cc1cnc[nH]1)NC(=O)C(CC(N)=O)NC(=O)C(N)CO)C(=O)O. The lowest BCUT2D eigenvalue weighted by Crippen LogP contribution is -2.58. The van der Waals surface area contributed by atoms with E-state index in [2.05, 4.69) is 25.9 Å². The van der Waals surface area contributed by atoms with Crippen LogP contribution in [0.15, 0.2) is 12.5 Å². The second-order valence-electron chi connectivity index (χ2n) is 6.93. The Bertz CT molecular complexity index is 874. The number of aliphatic carboxylic acids is 1. The van der Waals surface area contributed by atoms with Crippen LogP contribution in [0.1, 0.15) is 18.5 Å². The third-order valence-corrected chi connectivity index (χ3v) is 4.20. The number of rotatable bonds is 14. The highest BCUT2D eigenvalue weighted by Gasteiger charge is 2.31. The molecule has 1 aromatic rings. The Morgan fingerprint density at radius 1 is 0.909 bits per heavy atom. The summed E-state index contributed by atoms with van der Waals surface area (Å²) in [6, 6.07) is -6.03. The van der Waals surface area contributed by atoms with Crippen molar-refractivity contribution in [3.05, 3.63) is 18.2 Å². The van der Waals surface area contributed by atoms with Gasteiger partial charge >= 0.3 is 5.97 Å². The second kappa shape index (κ2) is 12.7. The predicted molar refractivity (Wildman–Crippen MR) is 108 cm³/mol. The maximum atomic E-state index is 12.7. The molecule has 0 aliphatic rings. The van der Waals surface area contributed by atoms with Crippen LogP contribution in [-0.2, 0) is 35.2 Å². The number of carboxylic acid groups (broad SMARTS) is 1. The van der Waals surface area contributed by atoms with Gasteiger partial charge in [-0.15, -0.1) is 0 Å². The molecule has 16 heteroatoms. The van der Waals surface area contributed by atoms with Crippen molar-refractivity contribution in [1.29, 1.82) is 0 Å². The van der Waals surface area contributed by atoms with Gasteiger partial charge in [0.2, 0.25) is 29.5 Å². The molecule has 16 nitrogen and oxygen atoms in total. The van der Waals surface area contributed by atoms with Crippen LogP contribution in [0, 0.1) is 0 Å². The minimum absolute atomic E-state index is 0.201. The molecule has 1 aromatic heterocycles. The number of nitrogens with zero attached hydrogens (tertiary/aromatic N) is 1. The van der Waals surface area contributed by atoms with Gasteiger partial charge in [0.25, 0.3) is 0 Å². The van der Waals surface area contributed by atoms with Gasteiger partial charge in [-0.3, -0.25) is 24.0 Å². The van der Waals surface area contributed by atoms with Crippen LogP contribution in [0.3, 0.4) is 0 Å². The molecule has 0 fully saturated rings. The fraction of sp³-hybridized carbons (Fsp3) is 0.471. The molecule has 0 aromatic carbocycles. The van der Waals surface area contributed by atoms with Gasteiger partial charge in [-0.2, -0.15) is 0 Å². The quantitative estimate of drug-likeness (QED) is 0.124. The first kappa shape index (κ1) is 27.0. The van der Waals surface area contributed by atoms with Gasteiger partial charge < -0.3 is 48.3 Å². The molecule has 0 spiro atoms. The van der Waals surface area contributed by atoms with Crippen molar-refractivity contribution < 1.29 is 39.0 Å². The van der Waals surface area contributed by atoms with E-state index in [-0.39, 0.29) is 6.42 Å². The molecule has 4 unspecified atom stereocenters. The van der Waals surface area contributed by atoms with E-state index in [4.69, 9.17) is 22.3 Å². The van der Waals surface area contributed by atoms with Crippen molar-refractivity contribution in [2.75, 3.05) is 6.61 Å². The number of carboxylic acids is 1. The average molecular weight is 470 g/mol. The van der Waals surface area contributed by atoms with Gasteiger partial charge in [-0.25, -0.2) is 9.78 Å². The fourth-order valence-electron chi connectivity index (χ4n) is 2.54. The Labute approximate surface area is 186 Å². The van der Waals surface area contributed by atoms with E-state index < -0.39 is 79.1 Å². The second-order valence-corrected chi connectivity index (χ2v) is 6.93. The summed E-state index contributed by atoms with van der Waals surface area (Å²) >= 11 is 0. The topological polar surface area (TPSA) is 286 Å². The largest absolute Gasteiger partial charge is 0.480 e. The van der Waals surface area contributed by atoms with E-state index in [1.54, 1.807) is 0 Å². The fourth-order valence-corrected chi connectivity index (χ4v) is 2.54. The molecular weight excluding hydrogens is 444 g/mol. The Kier molecular flexibility index (Phi) is 10.4. The first-order valence-electron chi connectivity index (χ1n) is 9.48. The van der Waals surface area contributed by atoms with Gasteiger partial charge in [-0.05, 0) is 0 Å². The lowest BCUT2D eigenvalue weighted by atomic mass is 10.1. The van der Waals surface area contributed by atoms with E-state index in [9.17, 15) is 33.9 Å². The summed E-state index contributed by atoms with van der Waals surface area (Å²) in [5.41, 5.74) is 15.9. The number of H-pyrrole nitrogens is 1. The molecule has 182 valence electrons. The predicted octanol–water partition coefficient (Wildman–Crippen LogP) is -5.44. The van der Waals surface area contributed by atoms with Gasteiger partial charge in [0.15, 0.2) is 0 Å². The van der Waals surface area contributed by atoms with Crippen LogP contribution in [0.4, 0.5) is 0 Å². The van der Waals surface area contributed by atoms with Crippen molar-refractivity contribution in [3.63, 3.8) is 0 Å². The number of nitrogens with two attached hydrogens (primary N) is 3. The molecule has 33 heavy (non-hydrogen) atoms. The number of carbonyl (C=O) groups excluding carboxylic acids is 5. The number of aliphatic hydroxyl groups excluding tert-OH is 1. The molecule has 1 heterocycles. The first-order valence-corrected chi connectivity index (χ1v) is 9.48. The number of aromatic nitrogens is 2. The third kappa shape index (κ3) is 9.32. The summed E-state index contributed by atoms with van der Waals surface area (Å²) in [4.78, 5) is 77.6. The maximum absolute atomic E-state index is 12.7. The molecule has 4 atom stereocenters. The standard InChI is InChI=1S/C17H26N8O8/c18-8(5-26)14(29)23-10(2-12(19)27)16(31)24-9(1-7-4-21-6-22-7)15(30)25-11(17(32)33)3-13(20)28/h4,6,8-11,26H,1-3,5,18H2,(H2,19,27)(H2,20,28)(H,21,22)(H,23,29)(H,24,31)(H,25,30)(H,32,33). The lowest BCUT2D eigenvalue weighted by Gasteiger charge is -2.24. The highest BCUT2D eigenvalue weighted by molar-refractivity contribution is 5.96. The Balaban J connectivity index is 3.08. The minimum atomic E-state index is -1.67. The first-order chi connectivity index (χ1) is 15.4. The zero-order valence-electron chi connectivity index (χ0n) is 17.3. The number of carbonyl (C=O) groups is 6. The van der Waals surface area contributed by atoms with Crippen LogP contribution in [0.25, 0.3) is 0 Å². The van der Waals surface area contributed by atoms with Gasteiger partial charge in [0.05, 0.1) is 25.8 Å². The van der Waals surface area contributed by atoms with E-state index in [1.807, 2.05) is 0 Å². The number of aromatic amines is 1. The number of hydrogen-bond donors (Lipinski definition) is 9. The molecule has 1 rings (SSSR count). The maximum Gasteiger partial charge on any atom is 0.326 e. The highest BCUT2D eigenvalue weighted by Crippen LogP contribution is 2.03. The number of aliphatic hydroxyl groups is 1. The van der Waals surface area contributed by atoms with E-state index in [0.29, 0.717) is 5.69 Å². The Morgan fingerprint density at radius 2 is 1.42 bits per heavy atom. The van der Waals surface area contributed by atoms with E-state index in [1.165, 1.54) is 12.5 Å². The van der Waals surface area contributed by atoms with E-state index >= 15 is 0 Å². The van der Waals surface area contributed by atoms with Crippen LogP contribution in [0.2, 0.25) is 0 Å². The van der Waals surface area contributed by atoms with Gasteiger partial charge in [0, 0.05) is 18.3 Å². The Morgan fingerprint density at radius 3 is 1.91 bits per heavy atom.